The van der Waals surface area contributed by atoms with Crippen molar-refractivity contribution in [1.29, 1.82) is 0 Å². The van der Waals surface area contributed by atoms with Gasteiger partial charge in [-0.2, -0.15) is 0 Å². The van der Waals surface area contributed by atoms with Crippen LogP contribution in [-0.4, -0.2) is 66.8 Å². The van der Waals surface area contributed by atoms with Crippen molar-refractivity contribution in [2.24, 2.45) is 4.99 Å². The van der Waals surface area contributed by atoms with Gasteiger partial charge in [-0.05, 0) is 18.6 Å². The minimum atomic E-state index is 0.0186. The van der Waals surface area contributed by atoms with Gasteiger partial charge in [0.1, 0.15) is 18.1 Å². The van der Waals surface area contributed by atoms with Crippen molar-refractivity contribution in [2.45, 2.75) is 26.0 Å². The van der Waals surface area contributed by atoms with Gasteiger partial charge >= 0.3 is 0 Å². The van der Waals surface area contributed by atoms with E-state index >= 15 is 0 Å². The Balaban J connectivity index is 1.47. The molecule has 0 amide bonds. The maximum Gasteiger partial charge on any atom is 0.193 e. The lowest BCUT2D eigenvalue weighted by atomic mass is 10.2. The Bertz CT molecular complexity index is 745. The molecule has 2 heterocycles. The number of nitrogens with zero attached hydrogens (tertiary/aromatic N) is 4. The first-order valence-corrected chi connectivity index (χ1v) is 10.1. The molecule has 7 nitrogen and oxygen atoms in total. The molecule has 1 aromatic heterocycles. The summed E-state index contributed by atoms with van der Waals surface area (Å²) in [5.41, 5.74) is 0.971. The summed E-state index contributed by atoms with van der Waals surface area (Å²) < 4.78 is 11.0. The lowest BCUT2D eigenvalue weighted by molar-refractivity contribution is 0.165. The van der Waals surface area contributed by atoms with Gasteiger partial charge in [0.15, 0.2) is 5.96 Å². The summed E-state index contributed by atoms with van der Waals surface area (Å²) in [6.45, 7) is 7.35. The van der Waals surface area contributed by atoms with Crippen molar-refractivity contribution in [3.8, 4) is 5.75 Å². The SMILES string of the molecule is CCC(CNC(=NC)N1CCN(Cc2ccon2)CC1)Oc1ccccc1Cl. The number of para-hydroxylation sites is 1. The van der Waals surface area contributed by atoms with Gasteiger partial charge in [0.25, 0.3) is 0 Å². The molecular weight excluding hydrogens is 378 g/mol. The number of rotatable bonds is 7. The highest BCUT2D eigenvalue weighted by atomic mass is 35.5. The summed E-state index contributed by atoms with van der Waals surface area (Å²) in [5, 5.41) is 8.07. The van der Waals surface area contributed by atoms with Gasteiger partial charge in [0.05, 0.1) is 17.3 Å². The number of guanidine groups is 1. The number of hydrogen-bond donors (Lipinski definition) is 1. The van der Waals surface area contributed by atoms with Crippen LogP contribution in [0.15, 0.2) is 46.1 Å². The minimum absolute atomic E-state index is 0.0186. The molecule has 0 radical (unpaired) electrons. The van der Waals surface area contributed by atoms with E-state index in [0.29, 0.717) is 17.3 Å². The third kappa shape index (κ3) is 5.62. The molecule has 1 aliphatic heterocycles. The van der Waals surface area contributed by atoms with Crippen molar-refractivity contribution in [1.82, 2.24) is 20.3 Å². The van der Waals surface area contributed by atoms with Crippen LogP contribution in [-0.2, 0) is 6.54 Å². The Morgan fingerprint density at radius 3 is 2.71 bits per heavy atom. The number of halogens is 1. The van der Waals surface area contributed by atoms with E-state index in [-0.39, 0.29) is 6.10 Å². The molecular formula is C20H28ClN5O2. The van der Waals surface area contributed by atoms with Gasteiger partial charge in [-0.25, -0.2) is 0 Å². The van der Waals surface area contributed by atoms with Crippen molar-refractivity contribution < 1.29 is 9.26 Å². The number of nitrogens with one attached hydrogen (secondary N) is 1. The van der Waals surface area contributed by atoms with E-state index in [9.17, 15) is 0 Å². The summed E-state index contributed by atoms with van der Waals surface area (Å²) >= 11 is 6.21. The van der Waals surface area contributed by atoms with Crippen LogP contribution in [0.25, 0.3) is 0 Å². The van der Waals surface area contributed by atoms with E-state index in [4.69, 9.17) is 20.9 Å². The molecule has 152 valence electrons. The fourth-order valence-electron chi connectivity index (χ4n) is 3.19. The highest BCUT2D eigenvalue weighted by Crippen LogP contribution is 2.24. The lowest BCUT2D eigenvalue weighted by Crippen LogP contribution is -2.53. The summed E-state index contributed by atoms with van der Waals surface area (Å²) in [7, 11) is 1.82. The Morgan fingerprint density at radius 2 is 2.07 bits per heavy atom. The monoisotopic (exact) mass is 405 g/mol. The summed E-state index contributed by atoms with van der Waals surface area (Å²) in [5.74, 6) is 1.62. The van der Waals surface area contributed by atoms with Crippen LogP contribution in [0.5, 0.6) is 5.75 Å². The molecule has 0 aliphatic carbocycles. The Kier molecular flexibility index (Phi) is 7.56. The molecule has 28 heavy (non-hydrogen) atoms. The number of hydrogen-bond acceptors (Lipinski definition) is 5. The molecule has 1 unspecified atom stereocenters. The Morgan fingerprint density at radius 1 is 1.29 bits per heavy atom. The van der Waals surface area contributed by atoms with E-state index in [1.165, 1.54) is 0 Å². The second-order valence-corrected chi connectivity index (χ2v) is 7.17. The first-order valence-electron chi connectivity index (χ1n) is 9.68. The summed E-state index contributed by atoms with van der Waals surface area (Å²) in [6.07, 6.45) is 2.51. The van der Waals surface area contributed by atoms with Gasteiger partial charge < -0.3 is 19.5 Å². The summed E-state index contributed by atoms with van der Waals surface area (Å²) in [6, 6.07) is 9.48. The second-order valence-electron chi connectivity index (χ2n) is 6.76. The zero-order chi connectivity index (χ0) is 19.8. The minimum Gasteiger partial charge on any atom is -0.487 e. The van der Waals surface area contributed by atoms with Crippen LogP contribution in [0, 0.1) is 0 Å². The third-order valence-corrected chi connectivity index (χ3v) is 5.15. The fourth-order valence-corrected chi connectivity index (χ4v) is 3.37. The average Bonchev–Trinajstić information content (AvgIpc) is 3.23. The molecule has 1 atom stereocenters. The lowest BCUT2D eigenvalue weighted by Gasteiger charge is -2.36. The van der Waals surface area contributed by atoms with E-state index in [1.807, 2.05) is 37.4 Å². The van der Waals surface area contributed by atoms with Gasteiger partial charge in [0.2, 0.25) is 0 Å². The molecule has 0 spiro atoms. The average molecular weight is 406 g/mol. The molecule has 1 saturated heterocycles. The maximum atomic E-state index is 6.21. The van der Waals surface area contributed by atoms with Gasteiger partial charge in [-0.3, -0.25) is 9.89 Å². The second kappa shape index (κ2) is 10.3. The molecule has 0 saturated carbocycles. The first-order chi connectivity index (χ1) is 13.7. The number of ether oxygens (including phenoxy) is 1. The van der Waals surface area contributed by atoms with Crippen molar-refractivity contribution in [2.75, 3.05) is 39.8 Å². The maximum absolute atomic E-state index is 6.21. The van der Waals surface area contributed by atoms with Crippen LogP contribution in [0.2, 0.25) is 5.02 Å². The molecule has 1 aliphatic rings. The molecule has 2 aromatic rings. The normalized spacial score (nSPS) is 16.8. The molecule has 0 bridgehead atoms. The van der Waals surface area contributed by atoms with E-state index < -0.39 is 0 Å². The van der Waals surface area contributed by atoms with Crippen LogP contribution < -0.4 is 10.1 Å². The quantitative estimate of drug-likeness (QED) is 0.564. The zero-order valence-corrected chi connectivity index (χ0v) is 17.2. The molecule has 3 rings (SSSR count). The largest absolute Gasteiger partial charge is 0.487 e. The van der Waals surface area contributed by atoms with Crippen LogP contribution in [0.1, 0.15) is 19.0 Å². The third-order valence-electron chi connectivity index (χ3n) is 4.83. The van der Waals surface area contributed by atoms with Gasteiger partial charge in [-0.1, -0.05) is 35.8 Å². The van der Waals surface area contributed by atoms with Crippen LogP contribution in [0.3, 0.4) is 0 Å². The number of benzene rings is 1. The number of piperazine rings is 1. The number of aliphatic imine (C=N–C) groups is 1. The number of aromatic nitrogens is 1. The van der Waals surface area contributed by atoms with E-state index in [1.54, 1.807) is 6.26 Å². The van der Waals surface area contributed by atoms with Crippen molar-refractivity contribution in [3.63, 3.8) is 0 Å². The van der Waals surface area contributed by atoms with Crippen LogP contribution in [0.4, 0.5) is 0 Å². The summed E-state index contributed by atoms with van der Waals surface area (Å²) in [4.78, 5) is 9.10. The Labute approximate surface area is 171 Å². The predicted octanol–water partition coefficient (Wildman–Crippen LogP) is 2.88. The first kappa shape index (κ1) is 20.5. The predicted molar refractivity (Wildman–Crippen MR) is 111 cm³/mol. The smallest absolute Gasteiger partial charge is 0.193 e. The molecule has 1 fully saturated rings. The Hall–Kier alpha value is -2.25. The highest BCUT2D eigenvalue weighted by Gasteiger charge is 2.21. The van der Waals surface area contributed by atoms with E-state index in [2.05, 4.69) is 32.2 Å². The molecule has 8 heteroatoms. The zero-order valence-electron chi connectivity index (χ0n) is 16.5. The standard InChI is InChI=1S/C20H28ClN5O2/c1-3-17(28-19-7-5-4-6-18(19)21)14-23-20(22-2)26-11-9-25(10-12-26)15-16-8-13-27-24-16/h4-8,13,17H,3,9-12,14-15H2,1-2H3,(H,22,23). The highest BCUT2D eigenvalue weighted by molar-refractivity contribution is 6.32. The van der Waals surface area contributed by atoms with Crippen LogP contribution >= 0.6 is 11.6 Å². The van der Waals surface area contributed by atoms with Gasteiger partial charge in [0, 0.05) is 45.8 Å². The molecule has 1 aromatic carbocycles. The molecule has 1 N–H and O–H groups in total. The van der Waals surface area contributed by atoms with E-state index in [0.717, 1.165) is 50.8 Å². The van der Waals surface area contributed by atoms with Gasteiger partial charge in [-0.15, -0.1) is 0 Å². The van der Waals surface area contributed by atoms with Crippen molar-refractivity contribution in [3.05, 3.63) is 47.3 Å². The van der Waals surface area contributed by atoms with Crippen molar-refractivity contribution >= 4 is 17.6 Å². The fraction of sp³-hybridized carbons (Fsp3) is 0.500. The topological polar surface area (TPSA) is 66.1 Å².